The predicted octanol–water partition coefficient (Wildman–Crippen LogP) is 1.40. The van der Waals surface area contributed by atoms with E-state index in [1.165, 1.54) is 11.5 Å². The molecule has 0 bridgehead atoms. The Morgan fingerprint density at radius 3 is 3.00 bits per heavy atom. The summed E-state index contributed by atoms with van der Waals surface area (Å²) in [7, 11) is 1.70. The van der Waals surface area contributed by atoms with E-state index in [-0.39, 0.29) is 5.60 Å². The minimum atomic E-state index is -0.332. The average Bonchev–Trinajstić information content (AvgIpc) is 2.73. The van der Waals surface area contributed by atoms with Gasteiger partial charge in [-0.25, -0.2) is 4.98 Å². The van der Waals surface area contributed by atoms with Crippen molar-refractivity contribution in [1.29, 1.82) is 0 Å². The lowest BCUT2D eigenvalue weighted by Crippen LogP contribution is -2.28. The molecular weight excluding hydrogens is 303 g/mol. The van der Waals surface area contributed by atoms with Crippen molar-refractivity contribution >= 4 is 34.1 Å². The predicted molar refractivity (Wildman–Crippen MR) is 56.7 cm³/mol. The first-order valence-corrected chi connectivity index (χ1v) is 5.75. The fourth-order valence-corrected chi connectivity index (χ4v) is 2.79. The van der Waals surface area contributed by atoms with Crippen molar-refractivity contribution in [2.24, 2.45) is 0 Å². The number of hydrogen-bond acceptors (Lipinski definition) is 5. The van der Waals surface area contributed by atoms with Crippen LogP contribution in [-0.2, 0) is 15.1 Å². The topological polar surface area (TPSA) is 44.2 Å². The Kier molecular flexibility index (Phi) is 2.82. The van der Waals surface area contributed by atoms with Crippen LogP contribution in [0.2, 0.25) is 0 Å². The van der Waals surface area contributed by atoms with Crippen molar-refractivity contribution in [2.45, 2.75) is 12.0 Å². The molecule has 0 N–H and O–H groups in total. The Morgan fingerprint density at radius 2 is 2.54 bits per heavy atom. The van der Waals surface area contributed by atoms with Gasteiger partial charge in [0.15, 0.2) is 0 Å². The molecule has 1 unspecified atom stereocenters. The van der Waals surface area contributed by atoms with Crippen LogP contribution in [0.1, 0.15) is 11.4 Å². The third kappa shape index (κ3) is 1.72. The first kappa shape index (κ1) is 9.75. The maximum Gasteiger partial charge on any atom is 0.203 e. The zero-order valence-corrected chi connectivity index (χ0v) is 10.1. The van der Waals surface area contributed by atoms with Gasteiger partial charge in [-0.2, -0.15) is 4.37 Å². The van der Waals surface area contributed by atoms with Gasteiger partial charge < -0.3 is 9.47 Å². The Balaban J connectivity index is 2.30. The number of halogens is 1. The number of hydrogen-bond donors (Lipinski definition) is 0. The molecule has 1 fully saturated rings. The molecule has 0 aromatic carbocycles. The highest BCUT2D eigenvalue weighted by Gasteiger charge is 2.40. The van der Waals surface area contributed by atoms with Crippen LogP contribution in [0.25, 0.3) is 0 Å². The van der Waals surface area contributed by atoms with Crippen LogP contribution in [0.4, 0.5) is 0 Å². The lowest BCUT2D eigenvalue weighted by Gasteiger charge is -2.21. The second-order valence-electron chi connectivity index (χ2n) is 2.87. The fourth-order valence-electron chi connectivity index (χ4n) is 1.35. The van der Waals surface area contributed by atoms with Crippen LogP contribution in [-0.4, -0.2) is 29.7 Å². The van der Waals surface area contributed by atoms with Crippen LogP contribution in [0.5, 0.6) is 0 Å². The monoisotopic (exact) mass is 312 g/mol. The number of aromatic nitrogens is 2. The van der Waals surface area contributed by atoms with Crippen molar-refractivity contribution in [3.05, 3.63) is 8.84 Å². The van der Waals surface area contributed by atoms with Crippen LogP contribution in [0.15, 0.2) is 0 Å². The van der Waals surface area contributed by atoms with E-state index >= 15 is 0 Å². The molecule has 0 spiro atoms. The summed E-state index contributed by atoms with van der Waals surface area (Å²) < 4.78 is 15.7. The molecule has 1 aromatic heterocycles. The summed E-state index contributed by atoms with van der Waals surface area (Å²) >= 11 is 3.50. The molecule has 0 saturated carbocycles. The van der Waals surface area contributed by atoms with Crippen LogP contribution in [0.3, 0.4) is 0 Å². The number of methoxy groups -OCH3 is 1. The normalized spacial score (nSPS) is 28.2. The van der Waals surface area contributed by atoms with Crippen LogP contribution >= 0.6 is 34.1 Å². The van der Waals surface area contributed by atoms with Crippen molar-refractivity contribution in [3.63, 3.8) is 0 Å². The summed E-state index contributed by atoms with van der Waals surface area (Å²) in [5, 5.41) is 0.928. The molecule has 1 saturated heterocycles. The van der Waals surface area contributed by atoms with Gasteiger partial charge in [0, 0.05) is 42.7 Å². The van der Waals surface area contributed by atoms with Gasteiger partial charge in [-0.15, -0.1) is 0 Å². The molecular formula is C7H9IN2O2S. The highest BCUT2D eigenvalue weighted by atomic mass is 127. The average molecular weight is 312 g/mol. The second-order valence-corrected chi connectivity index (χ2v) is 4.59. The fraction of sp³-hybridized carbons (Fsp3) is 0.714. The largest absolute Gasteiger partial charge is 0.378 e. The van der Waals surface area contributed by atoms with Gasteiger partial charge in [0.05, 0.1) is 6.61 Å². The van der Waals surface area contributed by atoms with Gasteiger partial charge >= 0.3 is 0 Å². The Bertz CT molecular complexity index is 298. The number of ether oxygens (including phenoxy) is 2. The van der Waals surface area contributed by atoms with Crippen LogP contribution in [0, 0.1) is 3.83 Å². The first-order chi connectivity index (χ1) is 6.27. The Labute approximate surface area is 94.0 Å². The molecule has 0 radical (unpaired) electrons. The summed E-state index contributed by atoms with van der Waals surface area (Å²) in [6.45, 7) is 1.33. The summed E-state index contributed by atoms with van der Waals surface area (Å²) in [6.07, 6.45) is 0.870. The van der Waals surface area contributed by atoms with E-state index in [0.29, 0.717) is 6.61 Å². The van der Waals surface area contributed by atoms with Gasteiger partial charge in [-0.1, -0.05) is 0 Å². The van der Waals surface area contributed by atoms with Gasteiger partial charge in [0.25, 0.3) is 0 Å². The Morgan fingerprint density at radius 1 is 1.69 bits per heavy atom. The summed E-state index contributed by atoms with van der Waals surface area (Å²) in [6, 6.07) is 0. The standard InChI is InChI=1S/C7H9IN2O2S/c1-11-7(2-3-12-4-7)5-9-6(8)10-13-5/h2-4H2,1H3. The molecule has 0 aliphatic carbocycles. The van der Waals surface area contributed by atoms with E-state index in [1.54, 1.807) is 7.11 Å². The molecule has 2 heterocycles. The number of nitrogens with zero attached hydrogens (tertiary/aromatic N) is 2. The summed E-state index contributed by atoms with van der Waals surface area (Å²) in [4.78, 5) is 4.32. The van der Waals surface area contributed by atoms with Gasteiger partial charge in [0.1, 0.15) is 10.6 Å². The molecule has 4 nitrogen and oxygen atoms in total. The number of rotatable bonds is 2. The minimum absolute atomic E-state index is 0.332. The first-order valence-electron chi connectivity index (χ1n) is 3.89. The minimum Gasteiger partial charge on any atom is -0.378 e. The maximum absolute atomic E-state index is 5.48. The smallest absolute Gasteiger partial charge is 0.203 e. The van der Waals surface area contributed by atoms with E-state index in [1.807, 2.05) is 0 Å². The third-order valence-corrected chi connectivity index (χ3v) is 3.88. The quantitative estimate of drug-likeness (QED) is 0.775. The highest BCUT2D eigenvalue weighted by molar-refractivity contribution is 14.1. The van der Waals surface area contributed by atoms with Gasteiger partial charge in [-0.05, 0) is 11.5 Å². The zero-order valence-electron chi connectivity index (χ0n) is 7.12. The molecule has 13 heavy (non-hydrogen) atoms. The van der Waals surface area contributed by atoms with Crippen molar-refractivity contribution in [1.82, 2.24) is 9.36 Å². The molecule has 1 atom stereocenters. The van der Waals surface area contributed by atoms with E-state index < -0.39 is 0 Å². The second kappa shape index (κ2) is 3.76. The van der Waals surface area contributed by atoms with E-state index in [2.05, 4.69) is 31.9 Å². The van der Waals surface area contributed by atoms with E-state index in [0.717, 1.165) is 21.9 Å². The molecule has 72 valence electrons. The SMILES string of the molecule is COC1(c2nc(I)ns2)CCOC1. The van der Waals surface area contributed by atoms with Crippen molar-refractivity contribution in [3.8, 4) is 0 Å². The molecule has 1 aromatic rings. The summed E-state index contributed by atoms with van der Waals surface area (Å²) in [5.74, 6) is 0. The highest BCUT2D eigenvalue weighted by Crippen LogP contribution is 2.34. The van der Waals surface area contributed by atoms with Crippen LogP contribution < -0.4 is 0 Å². The lowest BCUT2D eigenvalue weighted by molar-refractivity contribution is -0.0215. The zero-order chi connectivity index (χ0) is 9.31. The molecule has 6 heteroatoms. The van der Waals surface area contributed by atoms with Crippen molar-refractivity contribution < 1.29 is 9.47 Å². The third-order valence-electron chi connectivity index (χ3n) is 2.17. The van der Waals surface area contributed by atoms with Gasteiger partial charge in [0.2, 0.25) is 3.83 Å². The molecule has 1 aliphatic rings. The maximum atomic E-state index is 5.48. The van der Waals surface area contributed by atoms with Crippen molar-refractivity contribution in [2.75, 3.05) is 20.3 Å². The molecule has 2 rings (SSSR count). The van der Waals surface area contributed by atoms with Gasteiger partial charge in [-0.3, -0.25) is 0 Å². The summed E-state index contributed by atoms with van der Waals surface area (Å²) in [5.41, 5.74) is -0.332. The lowest BCUT2D eigenvalue weighted by atomic mass is 10.1. The Hall–Kier alpha value is 0.210. The molecule has 1 aliphatic heterocycles. The molecule has 0 amide bonds. The van der Waals surface area contributed by atoms with E-state index in [4.69, 9.17) is 9.47 Å². The van der Waals surface area contributed by atoms with E-state index in [9.17, 15) is 0 Å².